The van der Waals surface area contributed by atoms with Gasteiger partial charge in [0.05, 0.1) is 12.1 Å². The Kier molecular flexibility index (Phi) is 7.31. The SMILES string of the molecule is CNC[C@@]1(S)CC[C@H](n2c(=S)[nH]c3c(c2=O)C[C@@H](C)N(C(=O)c2ccc(Br)c(C(F)(F)F)c2)C3)C1. The van der Waals surface area contributed by atoms with Crippen LogP contribution in [0.25, 0.3) is 0 Å². The van der Waals surface area contributed by atoms with Gasteiger partial charge in [0.2, 0.25) is 0 Å². The standard InChI is InChI=1S/C23H26BrF3N4O2S2/c1-12-7-15-18(10-30(12)19(32)13-3-4-17(24)16(8-13)23(25,26)27)29-21(34)31(20(15)33)14-5-6-22(35,9-14)11-28-2/h3-4,8,12,14,28,35H,5-7,9-11H2,1-2H3,(H,29,34)/t12-,14+,22-/m1/s1. The number of hydrogen-bond donors (Lipinski definition) is 3. The number of thiol groups is 1. The molecule has 0 bridgehead atoms. The van der Waals surface area contributed by atoms with Gasteiger partial charge in [0.15, 0.2) is 4.77 Å². The van der Waals surface area contributed by atoms with Crippen molar-refractivity contribution in [2.75, 3.05) is 13.6 Å². The van der Waals surface area contributed by atoms with Crippen molar-refractivity contribution in [3.63, 3.8) is 0 Å². The van der Waals surface area contributed by atoms with Crippen LogP contribution in [0, 0.1) is 4.77 Å². The molecule has 0 radical (unpaired) electrons. The van der Waals surface area contributed by atoms with Crippen LogP contribution in [-0.4, -0.2) is 44.7 Å². The number of carbonyl (C=O) groups is 1. The molecular weight excluding hydrogens is 565 g/mol. The maximum Gasteiger partial charge on any atom is 0.417 e. The number of amides is 1. The normalized spacial score (nSPS) is 24.5. The summed E-state index contributed by atoms with van der Waals surface area (Å²) in [4.78, 5) is 31.3. The van der Waals surface area contributed by atoms with Gasteiger partial charge in [-0.1, -0.05) is 15.9 Å². The number of nitrogens with zero attached hydrogens (tertiary/aromatic N) is 2. The molecule has 0 unspecified atom stereocenters. The van der Waals surface area contributed by atoms with E-state index in [-0.39, 0.29) is 50.2 Å². The van der Waals surface area contributed by atoms with Crippen molar-refractivity contribution in [3.05, 3.63) is 60.2 Å². The van der Waals surface area contributed by atoms with Gasteiger partial charge in [-0.3, -0.25) is 14.2 Å². The highest BCUT2D eigenvalue weighted by atomic mass is 79.9. The van der Waals surface area contributed by atoms with Crippen molar-refractivity contribution in [3.8, 4) is 0 Å². The second-order valence-electron chi connectivity index (χ2n) is 9.39. The van der Waals surface area contributed by atoms with Gasteiger partial charge in [-0.25, -0.2) is 0 Å². The molecule has 3 atom stereocenters. The predicted octanol–water partition coefficient (Wildman–Crippen LogP) is 4.89. The summed E-state index contributed by atoms with van der Waals surface area (Å²) in [7, 11) is 1.87. The molecule has 1 saturated carbocycles. The maximum atomic E-state index is 13.5. The fraction of sp³-hybridized carbons (Fsp3) is 0.522. The Morgan fingerprint density at radius 1 is 1.40 bits per heavy atom. The molecule has 4 rings (SSSR count). The molecule has 0 saturated heterocycles. The average molecular weight is 592 g/mol. The lowest BCUT2D eigenvalue weighted by Gasteiger charge is -2.35. The van der Waals surface area contributed by atoms with Crippen LogP contribution in [0.15, 0.2) is 27.5 Å². The first-order valence-corrected chi connectivity index (χ1v) is 12.9. The van der Waals surface area contributed by atoms with E-state index in [4.69, 9.17) is 24.8 Å². The molecule has 35 heavy (non-hydrogen) atoms. The van der Waals surface area contributed by atoms with E-state index in [0.717, 1.165) is 25.5 Å². The molecule has 0 spiro atoms. The summed E-state index contributed by atoms with van der Waals surface area (Å²) in [6.45, 7) is 2.58. The second-order valence-corrected chi connectivity index (χ2v) is 11.6. The van der Waals surface area contributed by atoms with E-state index in [1.54, 1.807) is 11.5 Å². The van der Waals surface area contributed by atoms with E-state index < -0.39 is 17.6 Å². The molecule has 1 aliphatic heterocycles. The van der Waals surface area contributed by atoms with E-state index in [0.29, 0.717) is 17.7 Å². The van der Waals surface area contributed by atoms with Gasteiger partial charge in [-0.15, -0.1) is 0 Å². The van der Waals surface area contributed by atoms with Crippen LogP contribution in [0.2, 0.25) is 0 Å². The minimum absolute atomic E-state index is 0.0629. The molecule has 6 nitrogen and oxygen atoms in total. The first-order valence-electron chi connectivity index (χ1n) is 11.3. The molecule has 1 aliphatic carbocycles. The Bertz CT molecular complexity index is 1280. The average Bonchev–Trinajstić information content (AvgIpc) is 3.14. The molecule has 12 heteroatoms. The van der Waals surface area contributed by atoms with Crippen LogP contribution in [-0.2, 0) is 19.1 Å². The van der Waals surface area contributed by atoms with Crippen LogP contribution >= 0.6 is 40.8 Å². The minimum atomic E-state index is -4.59. The van der Waals surface area contributed by atoms with Crippen molar-refractivity contribution in [1.29, 1.82) is 0 Å². The molecule has 2 N–H and O–H groups in total. The van der Waals surface area contributed by atoms with Gasteiger partial charge in [-0.2, -0.15) is 25.8 Å². The molecule has 1 aromatic carbocycles. The lowest BCUT2D eigenvalue weighted by atomic mass is 9.98. The monoisotopic (exact) mass is 590 g/mol. The van der Waals surface area contributed by atoms with Gasteiger partial charge in [-0.05, 0) is 70.1 Å². The molecule has 190 valence electrons. The Morgan fingerprint density at radius 2 is 2.11 bits per heavy atom. The summed E-state index contributed by atoms with van der Waals surface area (Å²) < 4.78 is 41.6. The highest BCUT2D eigenvalue weighted by Gasteiger charge is 2.39. The lowest BCUT2D eigenvalue weighted by Crippen LogP contribution is -2.46. The number of halogens is 4. The number of aromatic amines is 1. The van der Waals surface area contributed by atoms with Gasteiger partial charge >= 0.3 is 6.18 Å². The van der Waals surface area contributed by atoms with Crippen LogP contribution < -0.4 is 10.9 Å². The molecule has 2 heterocycles. The topological polar surface area (TPSA) is 70.1 Å². The van der Waals surface area contributed by atoms with Crippen LogP contribution in [0.4, 0.5) is 13.2 Å². The summed E-state index contributed by atoms with van der Waals surface area (Å²) in [5, 5.41) is 3.15. The Balaban J connectivity index is 1.64. The first kappa shape index (κ1) is 26.4. The zero-order valence-corrected chi connectivity index (χ0v) is 22.5. The lowest BCUT2D eigenvalue weighted by molar-refractivity contribution is -0.138. The number of rotatable bonds is 4. The summed E-state index contributed by atoms with van der Waals surface area (Å²) in [6, 6.07) is 2.99. The zero-order valence-electron chi connectivity index (χ0n) is 19.2. The smallest absolute Gasteiger partial charge is 0.334 e. The van der Waals surface area contributed by atoms with Crippen molar-refractivity contribution in [2.24, 2.45) is 0 Å². The Morgan fingerprint density at radius 3 is 2.77 bits per heavy atom. The third-order valence-electron chi connectivity index (χ3n) is 6.89. The fourth-order valence-electron chi connectivity index (χ4n) is 5.14. The highest BCUT2D eigenvalue weighted by Crippen LogP contribution is 2.41. The third-order valence-corrected chi connectivity index (χ3v) is 8.44. The predicted molar refractivity (Wildman–Crippen MR) is 137 cm³/mol. The minimum Gasteiger partial charge on any atom is -0.334 e. The number of fused-ring (bicyclic) bond motifs is 1. The quantitative estimate of drug-likeness (QED) is 0.350. The fourth-order valence-corrected chi connectivity index (χ4v) is 6.47. The van der Waals surface area contributed by atoms with Gasteiger partial charge < -0.3 is 15.2 Å². The molecule has 1 fully saturated rings. The van der Waals surface area contributed by atoms with Crippen LogP contribution in [0.1, 0.15) is 59.4 Å². The zero-order chi connectivity index (χ0) is 25.7. The highest BCUT2D eigenvalue weighted by molar-refractivity contribution is 9.10. The molecule has 1 aromatic heterocycles. The van der Waals surface area contributed by atoms with E-state index in [2.05, 4.69) is 26.2 Å². The third kappa shape index (κ3) is 5.12. The van der Waals surface area contributed by atoms with E-state index >= 15 is 0 Å². The van der Waals surface area contributed by atoms with Gasteiger partial charge in [0, 0.05) is 44.7 Å². The van der Waals surface area contributed by atoms with E-state index in [9.17, 15) is 22.8 Å². The van der Waals surface area contributed by atoms with E-state index in [1.807, 2.05) is 7.05 Å². The second kappa shape index (κ2) is 9.68. The van der Waals surface area contributed by atoms with Crippen LogP contribution in [0.3, 0.4) is 0 Å². The molecule has 1 amide bonds. The molecule has 2 aromatic rings. The molecule has 2 aliphatic rings. The van der Waals surface area contributed by atoms with Crippen molar-refractivity contribution in [1.82, 2.24) is 19.8 Å². The Hall–Kier alpha value is -1.63. The summed E-state index contributed by atoms with van der Waals surface area (Å²) in [6.07, 6.45) is -1.97. The number of aromatic nitrogens is 2. The van der Waals surface area contributed by atoms with Crippen molar-refractivity contribution in [2.45, 2.75) is 62.2 Å². The summed E-state index contributed by atoms with van der Waals surface area (Å²) in [5.74, 6) is -0.535. The number of benzene rings is 1. The largest absolute Gasteiger partial charge is 0.417 e. The van der Waals surface area contributed by atoms with Crippen molar-refractivity contribution >= 4 is 46.7 Å². The summed E-state index contributed by atoms with van der Waals surface area (Å²) >= 11 is 13.3. The maximum absolute atomic E-state index is 13.5. The first-order chi connectivity index (χ1) is 16.3. The van der Waals surface area contributed by atoms with E-state index in [1.165, 1.54) is 17.0 Å². The number of alkyl halides is 3. The number of nitrogens with one attached hydrogen (secondary N) is 2. The summed E-state index contributed by atoms with van der Waals surface area (Å²) in [5.41, 5.74) is -0.0552. The van der Waals surface area contributed by atoms with Crippen LogP contribution in [0.5, 0.6) is 0 Å². The van der Waals surface area contributed by atoms with Gasteiger partial charge in [0.25, 0.3) is 11.5 Å². The van der Waals surface area contributed by atoms with Gasteiger partial charge in [0.1, 0.15) is 0 Å². The number of H-pyrrole nitrogens is 1. The number of hydrogen-bond acceptors (Lipinski definition) is 5. The Labute approximate surface area is 219 Å². The van der Waals surface area contributed by atoms with Crippen molar-refractivity contribution < 1.29 is 18.0 Å². The molecular formula is C23H26BrF3N4O2S2. The number of carbonyl (C=O) groups excluding carboxylic acids is 1.